The maximum atomic E-state index is 12.7. The van der Waals surface area contributed by atoms with E-state index in [0.29, 0.717) is 17.3 Å². The Balaban J connectivity index is 1.44. The van der Waals surface area contributed by atoms with Gasteiger partial charge in [0.1, 0.15) is 12.0 Å². The lowest BCUT2D eigenvalue weighted by molar-refractivity contribution is -0.113. The predicted octanol–water partition coefficient (Wildman–Crippen LogP) is 2.85. The van der Waals surface area contributed by atoms with Gasteiger partial charge in [0.25, 0.3) is 5.91 Å². The zero-order valence-electron chi connectivity index (χ0n) is 17.0. The van der Waals surface area contributed by atoms with Gasteiger partial charge in [-0.25, -0.2) is 13.2 Å². The number of nitrogens with one attached hydrogen (secondary N) is 1. The molecule has 9 nitrogen and oxygen atoms in total. The van der Waals surface area contributed by atoms with E-state index < -0.39 is 21.8 Å². The number of aliphatic imine (C=N–C) groups is 1. The number of halogens is 1. The molecule has 4 rings (SSSR count). The number of ether oxygens (including phenoxy) is 1. The summed E-state index contributed by atoms with van der Waals surface area (Å²) in [5.41, 5.74) is 1.50. The summed E-state index contributed by atoms with van der Waals surface area (Å²) in [5.74, 6) is -0.422. The molecule has 0 radical (unpaired) electrons. The Labute approximate surface area is 189 Å². The van der Waals surface area contributed by atoms with Crippen LogP contribution in [0.1, 0.15) is 5.56 Å². The Morgan fingerprint density at radius 3 is 2.62 bits per heavy atom. The number of carbonyl (C=O) groups excluding carboxylic acids is 2. The second-order valence-electron chi connectivity index (χ2n) is 7.25. The molecular weight excluding hydrogens is 456 g/mol. The number of hydrogen-bond acceptors (Lipinski definition) is 6. The van der Waals surface area contributed by atoms with E-state index in [0.717, 1.165) is 11.8 Å². The first-order valence-electron chi connectivity index (χ1n) is 9.58. The van der Waals surface area contributed by atoms with Crippen molar-refractivity contribution in [3.63, 3.8) is 0 Å². The van der Waals surface area contributed by atoms with Gasteiger partial charge in [-0.1, -0.05) is 29.8 Å². The van der Waals surface area contributed by atoms with E-state index >= 15 is 0 Å². The van der Waals surface area contributed by atoms with Gasteiger partial charge in [-0.2, -0.15) is 0 Å². The van der Waals surface area contributed by atoms with Gasteiger partial charge < -0.3 is 15.0 Å². The number of amides is 3. The van der Waals surface area contributed by atoms with E-state index in [4.69, 9.17) is 16.3 Å². The molecule has 0 saturated heterocycles. The van der Waals surface area contributed by atoms with Crippen molar-refractivity contribution in [1.82, 2.24) is 9.80 Å². The summed E-state index contributed by atoms with van der Waals surface area (Å²) >= 11 is 5.96. The van der Waals surface area contributed by atoms with Gasteiger partial charge in [0.15, 0.2) is 9.84 Å². The first-order valence-corrected chi connectivity index (χ1v) is 11.9. The molecular formula is C21H19ClN4O5S. The minimum Gasteiger partial charge on any atom is -0.431 e. The van der Waals surface area contributed by atoms with Crippen LogP contribution in [0.2, 0.25) is 5.02 Å². The van der Waals surface area contributed by atoms with Crippen LogP contribution in [-0.2, 0) is 25.9 Å². The zero-order valence-corrected chi connectivity index (χ0v) is 18.6. The largest absolute Gasteiger partial charge is 0.431 e. The second kappa shape index (κ2) is 8.64. The molecule has 2 aromatic carbocycles. The minimum absolute atomic E-state index is 0.0289. The van der Waals surface area contributed by atoms with Crippen molar-refractivity contribution in [1.29, 1.82) is 0 Å². The maximum Gasteiger partial charge on any atom is 0.348 e. The highest BCUT2D eigenvalue weighted by molar-refractivity contribution is 7.90. The second-order valence-corrected chi connectivity index (χ2v) is 9.70. The van der Waals surface area contributed by atoms with E-state index in [-0.39, 0.29) is 29.7 Å². The Morgan fingerprint density at radius 1 is 1.19 bits per heavy atom. The van der Waals surface area contributed by atoms with Gasteiger partial charge >= 0.3 is 12.1 Å². The Bertz CT molecular complexity index is 1240. The fourth-order valence-electron chi connectivity index (χ4n) is 3.26. The van der Waals surface area contributed by atoms with Gasteiger partial charge in [-0.3, -0.25) is 9.69 Å². The van der Waals surface area contributed by atoms with Crippen LogP contribution in [0.5, 0.6) is 0 Å². The fraction of sp³-hybridized carbons (Fsp3) is 0.190. The molecule has 0 unspecified atom stereocenters. The summed E-state index contributed by atoms with van der Waals surface area (Å²) in [6.07, 6.45) is 2.39. The molecule has 3 amide bonds. The lowest BCUT2D eigenvalue weighted by Gasteiger charge is -2.21. The molecule has 2 aliphatic rings. The lowest BCUT2D eigenvalue weighted by atomic mass is 10.2. The van der Waals surface area contributed by atoms with Crippen LogP contribution in [0.15, 0.2) is 70.4 Å². The van der Waals surface area contributed by atoms with Crippen molar-refractivity contribution >= 4 is 45.1 Å². The number of hydrogen-bond donors (Lipinski definition) is 1. The molecule has 1 N–H and O–H groups in total. The SMILES string of the molecule is CS(=O)(=O)c1ccc(CN2CCN3C(C(=O)Nc4cccc(Cl)c4)=COC3=NC2=O)cc1. The zero-order chi connectivity index (χ0) is 22.9. The molecule has 0 aromatic heterocycles. The maximum absolute atomic E-state index is 12.7. The molecule has 32 heavy (non-hydrogen) atoms. The highest BCUT2D eigenvalue weighted by Crippen LogP contribution is 2.22. The number of anilines is 1. The number of sulfone groups is 1. The molecule has 2 aliphatic heterocycles. The predicted molar refractivity (Wildman–Crippen MR) is 119 cm³/mol. The standard InChI is InChI=1S/C21H19ClN4O5S/c1-32(29,30)17-7-5-14(6-8-17)12-25-9-10-26-18(13-31-21(26)24-20(25)28)19(27)23-16-4-2-3-15(22)11-16/h2-8,11,13H,9-10,12H2,1H3,(H,23,27). The Hall–Kier alpha value is -3.37. The number of nitrogens with zero attached hydrogens (tertiary/aromatic N) is 3. The normalized spacial score (nSPS) is 16.0. The summed E-state index contributed by atoms with van der Waals surface area (Å²) < 4.78 is 28.6. The van der Waals surface area contributed by atoms with Crippen molar-refractivity contribution in [2.75, 3.05) is 24.7 Å². The van der Waals surface area contributed by atoms with E-state index in [9.17, 15) is 18.0 Å². The third-order valence-electron chi connectivity index (χ3n) is 4.89. The number of benzene rings is 2. The minimum atomic E-state index is -3.30. The van der Waals surface area contributed by atoms with Crippen molar-refractivity contribution in [3.8, 4) is 0 Å². The van der Waals surface area contributed by atoms with Crippen LogP contribution in [0, 0.1) is 0 Å². The molecule has 166 valence electrons. The van der Waals surface area contributed by atoms with Crippen LogP contribution in [0.4, 0.5) is 10.5 Å². The number of rotatable bonds is 5. The topological polar surface area (TPSA) is 108 Å². The Morgan fingerprint density at radius 2 is 1.94 bits per heavy atom. The summed E-state index contributed by atoms with van der Waals surface area (Å²) in [5, 5.41) is 3.23. The third-order valence-corrected chi connectivity index (χ3v) is 6.26. The Kier molecular flexibility index (Phi) is 5.90. The highest BCUT2D eigenvalue weighted by Gasteiger charge is 2.33. The van der Waals surface area contributed by atoms with Crippen molar-refractivity contribution in [2.24, 2.45) is 4.99 Å². The smallest absolute Gasteiger partial charge is 0.348 e. The molecule has 0 bridgehead atoms. The van der Waals surface area contributed by atoms with Crippen molar-refractivity contribution in [3.05, 3.63) is 71.1 Å². The van der Waals surface area contributed by atoms with Crippen LogP contribution in [0.25, 0.3) is 0 Å². The van der Waals surface area contributed by atoms with Crippen LogP contribution >= 0.6 is 11.6 Å². The van der Waals surface area contributed by atoms with Gasteiger partial charge in [0, 0.05) is 36.6 Å². The quantitative estimate of drug-likeness (QED) is 0.713. The summed E-state index contributed by atoms with van der Waals surface area (Å²) in [7, 11) is -3.30. The molecule has 0 atom stereocenters. The molecule has 11 heteroatoms. The summed E-state index contributed by atoms with van der Waals surface area (Å²) in [6.45, 7) is 0.812. The molecule has 0 saturated carbocycles. The lowest BCUT2D eigenvalue weighted by Crippen LogP contribution is -2.36. The van der Waals surface area contributed by atoms with Gasteiger partial charge in [0.05, 0.1) is 4.90 Å². The first kappa shape index (κ1) is 21.8. The molecule has 0 aliphatic carbocycles. The van der Waals surface area contributed by atoms with E-state index in [2.05, 4.69) is 10.3 Å². The number of carbonyl (C=O) groups is 2. The first-order chi connectivity index (χ1) is 15.2. The summed E-state index contributed by atoms with van der Waals surface area (Å²) in [4.78, 5) is 32.5. The molecule has 0 spiro atoms. The van der Waals surface area contributed by atoms with Crippen molar-refractivity contribution < 1.29 is 22.7 Å². The monoisotopic (exact) mass is 474 g/mol. The molecule has 2 heterocycles. The van der Waals surface area contributed by atoms with Crippen LogP contribution in [-0.4, -0.2) is 55.5 Å². The average molecular weight is 475 g/mol. The van der Waals surface area contributed by atoms with Crippen LogP contribution < -0.4 is 5.32 Å². The number of amidine groups is 1. The average Bonchev–Trinajstić information content (AvgIpc) is 3.06. The highest BCUT2D eigenvalue weighted by atomic mass is 35.5. The molecule has 2 aromatic rings. The fourth-order valence-corrected chi connectivity index (χ4v) is 4.08. The van der Waals surface area contributed by atoms with Crippen molar-refractivity contribution in [2.45, 2.75) is 11.4 Å². The van der Waals surface area contributed by atoms with Gasteiger partial charge in [-0.15, -0.1) is 4.99 Å². The number of fused-ring (bicyclic) bond motifs is 1. The van der Waals surface area contributed by atoms with E-state index in [1.807, 2.05) is 0 Å². The van der Waals surface area contributed by atoms with E-state index in [1.54, 1.807) is 36.4 Å². The number of urea groups is 1. The van der Waals surface area contributed by atoms with Crippen LogP contribution in [0.3, 0.4) is 0 Å². The molecule has 0 fully saturated rings. The van der Waals surface area contributed by atoms with Gasteiger partial charge in [0.2, 0.25) is 0 Å². The third kappa shape index (κ3) is 4.76. The van der Waals surface area contributed by atoms with E-state index in [1.165, 1.54) is 28.2 Å². The summed E-state index contributed by atoms with van der Waals surface area (Å²) in [6, 6.07) is 12.6. The van der Waals surface area contributed by atoms with Gasteiger partial charge in [-0.05, 0) is 35.9 Å².